The average Bonchev–Trinajstić information content (AvgIpc) is 2.62. The summed E-state index contributed by atoms with van der Waals surface area (Å²) in [4.78, 5) is 17.4. The number of hydrogen-bond donors (Lipinski definition) is 3. The van der Waals surface area contributed by atoms with E-state index in [4.69, 9.17) is 10.9 Å². The second-order valence-electron chi connectivity index (χ2n) is 3.36. The van der Waals surface area contributed by atoms with Crippen molar-refractivity contribution in [3.8, 4) is 0 Å². The molecule has 6 heteroatoms. The van der Waals surface area contributed by atoms with Gasteiger partial charge >= 0.3 is 5.97 Å². The van der Waals surface area contributed by atoms with Gasteiger partial charge in [0.25, 0.3) is 0 Å². The van der Waals surface area contributed by atoms with Crippen molar-refractivity contribution in [3.05, 3.63) is 0 Å². The molecule has 1 fully saturated rings. The summed E-state index contributed by atoms with van der Waals surface area (Å²) in [6.45, 7) is 1.71. The van der Waals surface area contributed by atoms with Crippen LogP contribution in [0.25, 0.3) is 0 Å². The summed E-state index contributed by atoms with van der Waals surface area (Å²) in [5.41, 5.74) is 1.85. The van der Waals surface area contributed by atoms with Crippen molar-refractivity contribution in [2.75, 3.05) is 19.7 Å². The van der Waals surface area contributed by atoms with Crippen LogP contribution >= 0.6 is 0 Å². The Kier molecular flexibility index (Phi) is 4.81. The lowest BCUT2D eigenvalue weighted by molar-refractivity contribution is -0.151. The van der Waals surface area contributed by atoms with Gasteiger partial charge in [-0.15, -0.1) is 0 Å². The van der Waals surface area contributed by atoms with E-state index in [9.17, 15) is 4.79 Å². The molecular formula is C8H17N3O3. The minimum atomic E-state index is -0.379. The number of hydrazine groups is 1. The maximum Gasteiger partial charge on any atom is 0.327 e. The second-order valence-corrected chi connectivity index (χ2v) is 3.36. The normalized spacial score (nSPS) is 22.6. The lowest BCUT2D eigenvalue weighted by atomic mass is 10.2. The van der Waals surface area contributed by atoms with Crippen LogP contribution in [0.5, 0.6) is 0 Å². The molecule has 0 aromatic rings. The highest BCUT2D eigenvalue weighted by atomic mass is 16.7. The van der Waals surface area contributed by atoms with Gasteiger partial charge in [-0.3, -0.25) is 9.69 Å². The van der Waals surface area contributed by atoms with Gasteiger partial charge in [0.2, 0.25) is 0 Å². The highest BCUT2D eigenvalue weighted by Gasteiger charge is 2.23. The van der Waals surface area contributed by atoms with Gasteiger partial charge in [0.15, 0.2) is 0 Å². The van der Waals surface area contributed by atoms with Crippen LogP contribution < -0.4 is 11.4 Å². The first-order valence-corrected chi connectivity index (χ1v) is 4.78. The van der Waals surface area contributed by atoms with Crippen molar-refractivity contribution in [1.82, 2.24) is 10.5 Å². The molecule has 0 radical (unpaired) electrons. The molecule has 14 heavy (non-hydrogen) atoms. The van der Waals surface area contributed by atoms with Crippen molar-refractivity contribution in [2.24, 2.45) is 5.84 Å². The fraction of sp³-hybridized carbons (Fsp3) is 0.875. The van der Waals surface area contributed by atoms with Gasteiger partial charge in [-0.05, 0) is 19.4 Å². The Morgan fingerprint density at radius 3 is 3.14 bits per heavy atom. The molecule has 1 aliphatic heterocycles. The summed E-state index contributed by atoms with van der Waals surface area (Å²) in [5.74, 6) is 4.44. The molecule has 4 N–H and O–H groups in total. The zero-order valence-corrected chi connectivity index (χ0v) is 8.11. The monoisotopic (exact) mass is 203 g/mol. The number of hydrogen-bond acceptors (Lipinski definition) is 6. The maximum absolute atomic E-state index is 10.9. The Morgan fingerprint density at radius 2 is 2.50 bits per heavy atom. The van der Waals surface area contributed by atoms with Gasteiger partial charge in [-0.2, -0.15) is 0 Å². The standard InChI is InChI=1S/C8H17N3O3/c9-10-14-8(13)3-5-11-4-1-2-7(11)6-12/h7,10,12H,1-6,9H2. The van der Waals surface area contributed by atoms with Gasteiger partial charge in [0, 0.05) is 12.6 Å². The molecule has 0 aliphatic carbocycles. The zero-order valence-electron chi connectivity index (χ0n) is 8.11. The summed E-state index contributed by atoms with van der Waals surface area (Å²) in [6, 6.07) is 0.202. The average molecular weight is 203 g/mol. The molecule has 1 heterocycles. The number of rotatable bonds is 5. The van der Waals surface area contributed by atoms with Crippen molar-refractivity contribution >= 4 is 5.97 Å². The molecular weight excluding hydrogens is 186 g/mol. The van der Waals surface area contributed by atoms with Gasteiger partial charge in [0.05, 0.1) is 13.0 Å². The third kappa shape index (κ3) is 3.22. The molecule has 1 atom stereocenters. The second kappa shape index (κ2) is 5.92. The van der Waals surface area contributed by atoms with Crippen molar-refractivity contribution in [2.45, 2.75) is 25.3 Å². The number of nitrogens with zero attached hydrogens (tertiary/aromatic N) is 1. The fourth-order valence-corrected chi connectivity index (χ4v) is 1.75. The van der Waals surface area contributed by atoms with E-state index in [1.54, 1.807) is 0 Å². The number of likely N-dealkylation sites (tertiary alicyclic amines) is 1. The molecule has 1 aliphatic rings. The number of carbonyl (C=O) groups is 1. The molecule has 0 spiro atoms. The number of carbonyl (C=O) groups excluding carboxylic acids is 1. The Labute approximate surface area is 82.9 Å². The van der Waals surface area contributed by atoms with Gasteiger partial charge < -0.3 is 9.94 Å². The van der Waals surface area contributed by atoms with Crippen molar-refractivity contribution in [1.29, 1.82) is 0 Å². The van der Waals surface area contributed by atoms with Crippen LogP contribution in [0.4, 0.5) is 0 Å². The Balaban J connectivity index is 2.20. The van der Waals surface area contributed by atoms with Crippen LogP contribution in [0.2, 0.25) is 0 Å². The molecule has 0 bridgehead atoms. The van der Waals surface area contributed by atoms with E-state index >= 15 is 0 Å². The summed E-state index contributed by atoms with van der Waals surface area (Å²) >= 11 is 0. The third-order valence-electron chi connectivity index (χ3n) is 2.49. The Hall–Kier alpha value is -0.690. The predicted molar refractivity (Wildman–Crippen MR) is 49.7 cm³/mol. The van der Waals surface area contributed by atoms with Gasteiger partial charge in [-0.1, -0.05) is 5.59 Å². The van der Waals surface area contributed by atoms with E-state index in [1.807, 2.05) is 5.59 Å². The maximum atomic E-state index is 10.9. The summed E-state index contributed by atoms with van der Waals surface area (Å²) in [7, 11) is 0. The first-order valence-electron chi connectivity index (χ1n) is 4.78. The SMILES string of the molecule is NNOC(=O)CCN1CCCC1CO. The molecule has 1 saturated heterocycles. The van der Waals surface area contributed by atoms with E-state index in [-0.39, 0.29) is 18.6 Å². The lowest BCUT2D eigenvalue weighted by Crippen LogP contribution is -2.35. The summed E-state index contributed by atoms with van der Waals surface area (Å²) < 4.78 is 0. The van der Waals surface area contributed by atoms with E-state index in [2.05, 4.69) is 9.74 Å². The van der Waals surface area contributed by atoms with Crippen molar-refractivity contribution in [3.63, 3.8) is 0 Å². The number of nitrogens with one attached hydrogen (secondary N) is 1. The number of nitrogens with two attached hydrogens (primary N) is 1. The first-order chi connectivity index (χ1) is 6.77. The van der Waals surface area contributed by atoms with Crippen LogP contribution in [-0.4, -0.2) is 41.7 Å². The highest BCUT2D eigenvalue weighted by Crippen LogP contribution is 2.16. The van der Waals surface area contributed by atoms with Crippen LogP contribution in [-0.2, 0) is 9.63 Å². The van der Waals surface area contributed by atoms with E-state index in [0.29, 0.717) is 13.0 Å². The largest absolute Gasteiger partial charge is 0.395 e. The minimum Gasteiger partial charge on any atom is -0.395 e. The molecule has 0 amide bonds. The molecule has 1 unspecified atom stereocenters. The summed E-state index contributed by atoms with van der Waals surface area (Å²) in [6.07, 6.45) is 2.37. The quantitative estimate of drug-likeness (QED) is 0.382. The zero-order chi connectivity index (χ0) is 10.4. The van der Waals surface area contributed by atoms with Crippen LogP contribution in [0, 0.1) is 0 Å². The fourth-order valence-electron chi connectivity index (χ4n) is 1.75. The smallest absolute Gasteiger partial charge is 0.327 e. The van der Waals surface area contributed by atoms with E-state index in [0.717, 1.165) is 19.4 Å². The predicted octanol–water partition coefficient (Wildman–Crippen LogP) is -1.25. The Bertz CT molecular complexity index is 189. The van der Waals surface area contributed by atoms with Gasteiger partial charge in [-0.25, -0.2) is 5.84 Å². The van der Waals surface area contributed by atoms with Crippen LogP contribution in [0.3, 0.4) is 0 Å². The third-order valence-corrected chi connectivity index (χ3v) is 2.49. The molecule has 0 aromatic carbocycles. The minimum absolute atomic E-state index is 0.157. The molecule has 0 aromatic heterocycles. The number of aliphatic hydroxyl groups excluding tert-OH is 1. The molecule has 6 nitrogen and oxygen atoms in total. The van der Waals surface area contributed by atoms with Gasteiger partial charge in [0.1, 0.15) is 0 Å². The first kappa shape index (κ1) is 11.4. The topological polar surface area (TPSA) is 87.8 Å². The Morgan fingerprint density at radius 1 is 1.71 bits per heavy atom. The molecule has 82 valence electrons. The van der Waals surface area contributed by atoms with E-state index in [1.165, 1.54) is 0 Å². The lowest BCUT2D eigenvalue weighted by Gasteiger charge is -2.21. The summed E-state index contributed by atoms with van der Waals surface area (Å²) in [5, 5.41) is 9.01. The van der Waals surface area contributed by atoms with Crippen LogP contribution in [0.15, 0.2) is 0 Å². The molecule has 0 saturated carbocycles. The number of aliphatic hydroxyl groups is 1. The van der Waals surface area contributed by atoms with Crippen LogP contribution in [0.1, 0.15) is 19.3 Å². The van der Waals surface area contributed by atoms with Crippen molar-refractivity contribution < 1.29 is 14.7 Å². The van der Waals surface area contributed by atoms with E-state index < -0.39 is 0 Å². The highest BCUT2D eigenvalue weighted by molar-refractivity contribution is 5.69. The molecule has 1 rings (SSSR count).